The summed E-state index contributed by atoms with van der Waals surface area (Å²) < 4.78 is 45.2. The van der Waals surface area contributed by atoms with Crippen molar-refractivity contribution in [1.82, 2.24) is 5.32 Å². The Kier molecular flexibility index (Phi) is 6.63. The molecule has 1 aromatic carbocycles. The van der Waals surface area contributed by atoms with Crippen LogP contribution < -0.4 is 10.1 Å². The number of amides is 1. The lowest BCUT2D eigenvalue weighted by Gasteiger charge is -2.10. The third-order valence-electron chi connectivity index (χ3n) is 2.64. The lowest BCUT2D eigenvalue weighted by molar-refractivity contribution is -0.275. The molecule has 0 unspecified atom stereocenters. The van der Waals surface area contributed by atoms with Crippen LogP contribution in [0.2, 0.25) is 0 Å². The maximum atomic E-state index is 12.2. The number of carbonyl (C=O) groups is 2. The van der Waals surface area contributed by atoms with Crippen LogP contribution in [0.25, 0.3) is 0 Å². The van der Waals surface area contributed by atoms with Crippen molar-refractivity contribution in [1.29, 1.82) is 0 Å². The Bertz CT molecular complexity index is 824. The third kappa shape index (κ3) is 6.01. The minimum atomic E-state index is -4.77. The van der Waals surface area contributed by atoms with Gasteiger partial charge >= 0.3 is 12.3 Å². The first-order chi connectivity index (χ1) is 12.2. The zero-order valence-corrected chi connectivity index (χ0v) is 15.8. The molecule has 26 heavy (non-hydrogen) atoms. The molecule has 1 saturated heterocycles. The van der Waals surface area contributed by atoms with Crippen molar-refractivity contribution in [2.45, 2.75) is 6.36 Å². The number of esters is 1. The molecular weight excluding hydrogens is 490 g/mol. The van der Waals surface area contributed by atoms with Crippen molar-refractivity contribution in [3.63, 3.8) is 0 Å². The van der Waals surface area contributed by atoms with Crippen LogP contribution >= 0.6 is 34.4 Å². The Morgan fingerprint density at radius 3 is 2.73 bits per heavy atom. The first-order valence-corrected chi connectivity index (χ1v) is 8.52. The molecule has 0 bridgehead atoms. The van der Waals surface area contributed by atoms with Gasteiger partial charge in [0, 0.05) is 6.08 Å². The van der Waals surface area contributed by atoms with Gasteiger partial charge in [-0.05, 0) is 58.1 Å². The summed E-state index contributed by atoms with van der Waals surface area (Å²) >= 11 is 2.60. The van der Waals surface area contributed by atoms with Gasteiger partial charge in [0.2, 0.25) is 0 Å². The van der Waals surface area contributed by atoms with Gasteiger partial charge in [-0.3, -0.25) is 10.1 Å². The lowest BCUT2D eigenvalue weighted by Crippen LogP contribution is -2.19. The fraction of sp³-hybridized carbons (Fsp3) is 0.143. The molecule has 12 heteroatoms. The van der Waals surface area contributed by atoms with Gasteiger partial charge in [-0.15, -0.1) is 18.3 Å². The lowest BCUT2D eigenvalue weighted by atomic mass is 10.2. The first-order valence-electron chi connectivity index (χ1n) is 6.63. The van der Waals surface area contributed by atoms with Gasteiger partial charge < -0.3 is 9.47 Å². The fourth-order valence-electron chi connectivity index (χ4n) is 1.59. The highest BCUT2D eigenvalue weighted by Gasteiger charge is 2.31. The quantitative estimate of drug-likeness (QED) is 0.226. The second-order valence-corrected chi connectivity index (χ2v) is 6.67. The summed E-state index contributed by atoms with van der Waals surface area (Å²) in [5.74, 6) is -1.52. The van der Waals surface area contributed by atoms with Crippen molar-refractivity contribution in [2.75, 3.05) is 7.11 Å². The second-order valence-electron chi connectivity index (χ2n) is 4.48. The van der Waals surface area contributed by atoms with Gasteiger partial charge in [-0.2, -0.15) is 5.10 Å². The Balaban J connectivity index is 2.05. The highest BCUT2D eigenvalue weighted by molar-refractivity contribution is 14.1. The Hall–Kier alpha value is -2.09. The van der Waals surface area contributed by atoms with Crippen LogP contribution in [-0.2, 0) is 14.3 Å². The van der Waals surface area contributed by atoms with Gasteiger partial charge in [-0.1, -0.05) is 0 Å². The Labute approximate surface area is 162 Å². The van der Waals surface area contributed by atoms with Crippen LogP contribution in [0, 0.1) is 3.57 Å². The van der Waals surface area contributed by atoms with Gasteiger partial charge in [0.25, 0.3) is 5.91 Å². The number of rotatable bonds is 4. The normalized spacial score (nSPS) is 17.8. The number of alkyl halides is 3. The van der Waals surface area contributed by atoms with E-state index in [1.54, 1.807) is 22.6 Å². The van der Waals surface area contributed by atoms with E-state index < -0.39 is 18.2 Å². The molecule has 1 aliphatic rings. The zero-order chi connectivity index (χ0) is 19.3. The van der Waals surface area contributed by atoms with Crippen molar-refractivity contribution < 1.29 is 32.2 Å². The number of nitrogens with zero attached hydrogens (tertiary/aromatic N) is 2. The topological polar surface area (TPSA) is 89.3 Å². The zero-order valence-electron chi connectivity index (χ0n) is 12.8. The SMILES string of the molecule is COC(=O)/C=C1/S/C(=N\N=Cc2ccc(OC(F)(F)F)c(I)c2)NC1=O. The predicted molar refractivity (Wildman–Crippen MR) is 96.7 cm³/mol. The van der Waals surface area contributed by atoms with E-state index in [9.17, 15) is 22.8 Å². The minimum absolute atomic E-state index is 0.106. The summed E-state index contributed by atoms with van der Waals surface area (Å²) in [6.45, 7) is 0. The maximum Gasteiger partial charge on any atom is 0.573 e. The molecule has 0 saturated carbocycles. The first kappa shape index (κ1) is 20.2. The monoisotopic (exact) mass is 499 g/mol. The van der Waals surface area contributed by atoms with Crippen molar-refractivity contribution in [3.05, 3.63) is 38.3 Å². The van der Waals surface area contributed by atoms with E-state index in [2.05, 4.69) is 25.0 Å². The molecule has 1 aromatic rings. The number of thioether (sulfide) groups is 1. The van der Waals surface area contributed by atoms with Crippen LogP contribution in [0.3, 0.4) is 0 Å². The smallest absolute Gasteiger partial charge is 0.466 e. The second kappa shape index (κ2) is 8.53. The van der Waals surface area contributed by atoms with Crippen molar-refractivity contribution >= 4 is 57.6 Å². The number of benzene rings is 1. The number of ether oxygens (including phenoxy) is 2. The van der Waals surface area contributed by atoms with Crippen molar-refractivity contribution in [3.8, 4) is 5.75 Å². The molecular formula is C14H9F3IN3O4S. The number of hydrogen-bond donors (Lipinski definition) is 1. The van der Waals surface area contributed by atoms with Gasteiger partial charge in [-0.25, -0.2) is 4.79 Å². The predicted octanol–water partition coefficient (Wildman–Crippen LogP) is 2.80. The molecule has 138 valence electrons. The highest BCUT2D eigenvalue weighted by Crippen LogP contribution is 2.28. The third-order valence-corrected chi connectivity index (χ3v) is 4.38. The van der Waals surface area contributed by atoms with Crippen molar-refractivity contribution in [2.24, 2.45) is 10.2 Å². The van der Waals surface area contributed by atoms with Gasteiger partial charge in [0.15, 0.2) is 5.17 Å². The highest BCUT2D eigenvalue weighted by atomic mass is 127. The molecule has 1 fully saturated rings. The summed E-state index contributed by atoms with van der Waals surface area (Å²) in [5.41, 5.74) is 0.480. The van der Waals surface area contributed by atoms with Crippen LogP contribution in [0.4, 0.5) is 13.2 Å². The average Bonchev–Trinajstić information content (AvgIpc) is 2.88. The number of carbonyl (C=O) groups excluding carboxylic acids is 2. The van der Waals surface area contributed by atoms with Crippen LogP contribution in [0.5, 0.6) is 5.75 Å². The molecule has 0 radical (unpaired) electrons. The maximum absolute atomic E-state index is 12.2. The molecule has 1 heterocycles. The largest absolute Gasteiger partial charge is 0.573 e. The number of nitrogens with one attached hydrogen (secondary N) is 1. The number of methoxy groups -OCH3 is 1. The van der Waals surface area contributed by atoms with E-state index in [1.165, 1.54) is 25.5 Å². The molecule has 1 aliphatic heterocycles. The molecule has 0 aliphatic carbocycles. The number of amidine groups is 1. The standard InChI is InChI=1S/C14H9F3IN3O4S/c1-24-11(22)5-10-12(23)20-13(26-10)21-19-6-7-2-3-9(8(18)4-7)25-14(15,16)17/h2-6H,1H3,(H,20,21,23)/b10-5+,19-6?. The van der Waals surface area contributed by atoms with E-state index in [1.807, 2.05) is 0 Å². The van der Waals surface area contributed by atoms with Crippen LogP contribution in [0.1, 0.15) is 5.56 Å². The summed E-state index contributed by atoms with van der Waals surface area (Å²) in [7, 11) is 1.18. The summed E-state index contributed by atoms with van der Waals surface area (Å²) in [4.78, 5) is 22.8. The summed E-state index contributed by atoms with van der Waals surface area (Å²) in [6.07, 6.45) is -2.45. The van der Waals surface area contributed by atoms with Crippen LogP contribution in [0.15, 0.2) is 39.4 Å². The number of halogens is 4. The fourth-order valence-corrected chi connectivity index (χ4v) is 2.98. The molecule has 1 amide bonds. The van der Waals surface area contributed by atoms with E-state index in [4.69, 9.17) is 0 Å². The molecule has 1 N–H and O–H groups in total. The molecule has 0 atom stereocenters. The van der Waals surface area contributed by atoms with E-state index >= 15 is 0 Å². The van der Waals surface area contributed by atoms with E-state index in [-0.39, 0.29) is 19.4 Å². The van der Waals surface area contributed by atoms with Gasteiger partial charge in [0.1, 0.15) is 5.75 Å². The Morgan fingerprint density at radius 1 is 1.38 bits per heavy atom. The molecule has 0 aromatic heterocycles. The molecule has 7 nitrogen and oxygen atoms in total. The summed E-state index contributed by atoms with van der Waals surface area (Å²) in [6, 6.07) is 3.96. The number of hydrogen-bond acceptors (Lipinski definition) is 7. The van der Waals surface area contributed by atoms with E-state index in [0.717, 1.165) is 23.9 Å². The molecule has 2 rings (SSSR count). The van der Waals surface area contributed by atoms with E-state index in [0.29, 0.717) is 5.56 Å². The average molecular weight is 499 g/mol. The van der Waals surface area contributed by atoms with Crippen LogP contribution in [-0.4, -0.2) is 36.7 Å². The summed E-state index contributed by atoms with van der Waals surface area (Å²) in [5, 5.41) is 10.1. The minimum Gasteiger partial charge on any atom is -0.466 e. The van der Waals surface area contributed by atoms with Gasteiger partial charge in [0.05, 0.1) is 21.8 Å². The Morgan fingerprint density at radius 2 is 2.12 bits per heavy atom. The molecule has 0 spiro atoms.